The average Bonchev–Trinajstić information content (AvgIpc) is 2.32. The number of carbonyl (C=O) groups is 2. The molecule has 0 radical (unpaired) electrons. The van der Waals surface area contributed by atoms with E-state index < -0.39 is 11.8 Å². The van der Waals surface area contributed by atoms with Crippen molar-refractivity contribution in [3.05, 3.63) is 23.5 Å². The van der Waals surface area contributed by atoms with Gasteiger partial charge in [0.15, 0.2) is 5.15 Å². The third-order valence-corrected chi connectivity index (χ3v) is 2.38. The first-order chi connectivity index (χ1) is 8.15. The highest BCUT2D eigenvalue weighted by Crippen LogP contribution is 2.16. The van der Waals surface area contributed by atoms with E-state index in [0.29, 0.717) is 24.5 Å². The molecule has 0 unspecified atom stereocenters. The molecular formula is C10H11Cl2N3O2. The van der Waals surface area contributed by atoms with Crippen molar-refractivity contribution in [1.29, 1.82) is 0 Å². The molecule has 5 nitrogen and oxygen atoms in total. The maximum absolute atomic E-state index is 11.4. The molecule has 0 bridgehead atoms. The van der Waals surface area contributed by atoms with Crippen molar-refractivity contribution < 1.29 is 9.59 Å². The van der Waals surface area contributed by atoms with E-state index in [1.807, 2.05) is 0 Å². The van der Waals surface area contributed by atoms with Crippen LogP contribution in [-0.2, 0) is 9.59 Å². The van der Waals surface area contributed by atoms with Crippen molar-refractivity contribution in [2.24, 2.45) is 0 Å². The summed E-state index contributed by atoms with van der Waals surface area (Å²) >= 11 is 11.2. The molecule has 1 aromatic rings. The highest BCUT2D eigenvalue weighted by Gasteiger charge is 2.14. The van der Waals surface area contributed by atoms with Crippen molar-refractivity contribution in [2.45, 2.75) is 6.42 Å². The molecule has 1 rings (SSSR count). The third-order valence-electron chi connectivity index (χ3n) is 1.81. The van der Waals surface area contributed by atoms with Gasteiger partial charge in [-0.25, -0.2) is 4.98 Å². The SMILES string of the molecule is O=C(NCCCCl)C(=O)Nc1cccnc1Cl. The van der Waals surface area contributed by atoms with Gasteiger partial charge in [0.25, 0.3) is 0 Å². The first-order valence-corrected chi connectivity index (χ1v) is 5.82. The van der Waals surface area contributed by atoms with Crippen LogP contribution in [0.1, 0.15) is 6.42 Å². The predicted molar refractivity (Wildman–Crippen MR) is 66.2 cm³/mol. The van der Waals surface area contributed by atoms with Crippen LogP contribution >= 0.6 is 23.2 Å². The minimum atomic E-state index is -0.783. The van der Waals surface area contributed by atoms with Gasteiger partial charge in [-0.15, -0.1) is 11.6 Å². The molecular weight excluding hydrogens is 265 g/mol. The summed E-state index contributed by atoms with van der Waals surface area (Å²) in [5.74, 6) is -1.08. The number of pyridine rings is 1. The summed E-state index contributed by atoms with van der Waals surface area (Å²) < 4.78 is 0. The minimum absolute atomic E-state index is 0.134. The van der Waals surface area contributed by atoms with Gasteiger partial charge >= 0.3 is 11.8 Å². The number of carbonyl (C=O) groups excluding carboxylic acids is 2. The van der Waals surface area contributed by atoms with Gasteiger partial charge in [-0.2, -0.15) is 0 Å². The molecule has 17 heavy (non-hydrogen) atoms. The third kappa shape index (κ3) is 4.58. The fourth-order valence-electron chi connectivity index (χ4n) is 1.01. The van der Waals surface area contributed by atoms with Crippen molar-refractivity contribution in [2.75, 3.05) is 17.7 Å². The van der Waals surface area contributed by atoms with Crippen LogP contribution in [-0.4, -0.2) is 29.2 Å². The van der Waals surface area contributed by atoms with Crippen LogP contribution in [0, 0.1) is 0 Å². The molecule has 0 aliphatic heterocycles. The van der Waals surface area contributed by atoms with Gasteiger partial charge in [0, 0.05) is 18.6 Å². The highest BCUT2D eigenvalue weighted by atomic mass is 35.5. The Bertz CT molecular complexity index is 412. The van der Waals surface area contributed by atoms with Gasteiger partial charge in [0.1, 0.15) is 0 Å². The summed E-state index contributed by atoms with van der Waals surface area (Å²) in [7, 11) is 0. The topological polar surface area (TPSA) is 71.1 Å². The van der Waals surface area contributed by atoms with Crippen molar-refractivity contribution in [1.82, 2.24) is 10.3 Å². The van der Waals surface area contributed by atoms with Gasteiger partial charge in [-0.05, 0) is 18.6 Å². The Balaban J connectivity index is 2.49. The summed E-state index contributed by atoms with van der Waals surface area (Å²) in [6.45, 7) is 0.358. The van der Waals surface area contributed by atoms with E-state index in [1.165, 1.54) is 6.20 Å². The molecule has 0 saturated heterocycles. The lowest BCUT2D eigenvalue weighted by atomic mass is 10.4. The number of rotatable bonds is 4. The predicted octanol–water partition coefficient (Wildman–Crippen LogP) is 1.42. The Kier molecular flexibility index (Phi) is 5.72. The van der Waals surface area contributed by atoms with Gasteiger partial charge < -0.3 is 10.6 Å². The van der Waals surface area contributed by atoms with E-state index in [4.69, 9.17) is 23.2 Å². The number of alkyl halides is 1. The lowest BCUT2D eigenvalue weighted by molar-refractivity contribution is -0.136. The zero-order valence-electron chi connectivity index (χ0n) is 8.87. The standard InChI is InChI=1S/C10H11Cl2N3O2/c11-4-2-6-14-9(16)10(17)15-7-3-1-5-13-8(7)12/h1,3,5H,2,4,6H2,(H,14,16)(H,15,17). The quantitative estimate of drug-likeness (QED) is 0.378. The number of hydrogen-bond donors (Lipinski definition) is 2. The Morgan fingerprint density at radius 1 is 1.35 bits per heavy atom. The fraction of sp³-hybridized carbons (Fsp3) is 0.300. The molecule has 92 valence electrons. The molecule has 0 aromatic carbocycles. The van der Waals surface area contributed by atoms with Crippen molar-refractivity contribution >= 4 is 40.7 Å². The summed E-state index contributed by atoms with van der Waals surface area (Å²) in [5, 5.41) is 4.92. The molecule has 1 aromatic heterocycles. The largest absolute Gasteiger partial charge is 0.348 e. The first-order valence-electron chi connectivity index (χ1n) is 4.91. The maximum atomic E-state index is 11.4. The number of amides is 2. The van der Waals surface area contributed by atoms with Crippen LogP contribution in [0.2, 0.25) is 5.15 Å². The molecule has 0 saturated carbocycles. The molecule has 0 aliphatic carbocycles. The smallest absolute Gasteiger partial charge is 0.313 e. The minimum Gasteiger partial charge on any atom is -0.348 e. The fourth-order valence-corrected chi connectivity index (χ4v) is 1.31. The van der Waals surface area contributed by atoms with Gasteiger partial charge in [0.05, 0.1) is 5.69 Å². The highest BCUT2D eigenvalue weighted by molar-refractivity contribution is 6.41. The number of halogens is 2. The van der Waals surface area contributed by atoms with Crippen LogP contribution in [0.3, 0.4) is 0 Å². The van der Waals surface area contributed by atoms with Crippen LogP contribution < -0.4 is 10.6 Å². The first kappa shape index (κ1) is 13.7. The molecule has 2 N–H and O–H groups in total. The molecule has 1 heterocycles. The molecule has 0 aliphatic rings. The lowest BCUT2D eigenvalue weighted by Gasteiger charge is -2.06. The summed E-state index contributed by atoms with van der Waals surface area (Å²) in [6.07, 6.45) is 2.09. The maximum Gasteiger partial charge on any atom is 0.313 e. The normalized spacial score (nSPS) is 9.76. The summed E-state index contributed by atoms with van der Waals surface area (Å²) in [6, 6.07) is 3.16. The average molecular weight is 276 g/mol. The van der Waals surface area contributed by atoms with Crippen LogP contribution in [0.25, 0.3) is 0 Å². The van der Waals surface area contributed by atoms with Crippen LogP contribution in [0.15, 0.2) is 18.3 Å². The van der Waals surface area contributed by atoms with Crippen LogP contribution in [0.5, 0.6) is 0 Å². The van der Waals surface area contributed by atoms with Crippen LogP contribution in [0.4, 0.5) is 5.69 Å². The van der Waals surface area contributed by atoms with E-state index in [9.17, 15) is 9.59 Å². The number of nitrogens with one attached hydrogen (secondary N) is 2. The Morgan fingerprint density at radius 3 is 2.76 bits per heavy atom. The van der Waals surface area contributed by atoms with Gasteiger partial charge in [0.2, 0.25) is 0 Å². The molecule has 2 amide bonds. The Labute approximate surface area is 109 Å². The Morgan fingerprint density at radius 2 is 2.12 bits per heavy atom. The molecule has 0 fully saturated rings. The second-order valence-corrected chi connectivity index (χ2v) is 3.83. The summed E-state index contributed by atoms with van der Waals surface area (Å²) in [4.78, 5) is 26.5. The van der Waals surface area contributed by atoms with E-state index in [-0.39, 0.29) is 5.15 Å². The number of aromatic nitrogens is 1. The van der Waals surface area contributed by atoms with Crippen molar-refractivity contribution in [3.8, 4) is 0 Å². The van der Waals surface area contributed by atoms with E-state index >= 15 is 0 Å². The Hall–Kier alpha value is -1.33. The van der Waals surface area contributed by atoms with E-state index in [1.54, 1.807) is 12.1 Å². The second kappa shape index (κ2) is 7.09. The molecule has 7 heteroatoms. The summed E-state index contributed by atoms with van der Waals surface area (Å²) in [5.41, 5.74) is 0.298. The number of hydrogen-bond acceptors (Lipinski definition) is 3. The van der Waals surface area contributed by atoms with Gasteiger partial charge in [-0.3, -0.25) is 9.59 Å². The van der Waals surface area contributed by atoms with Gasteiger partial charge in [-0.1, -0.05) is 11.6 Å². The zero-order chi connectivity index (χ0) is 12.7. The second-order valence-electron chi connectivity index (χ2n) is 3.09. The number of nitrogens with zero attached hydrogens (tertiary/aromatic N) is 1. The molecule has 0 atom stereocenters. The lowest BCUT2D eigenvalue weighted by Crippen LogP contribution is -2.36. The van der Waals surface area contributed by atoms with Crippen molar-refractivity contribution in [3.63, 3.8) is 0 Å². The molecule has 0 spiro atoms. The van der Waals surface area contributed by atoms with E-state index in [2.05, 4.69) is 15.6 Å². The monoisotopic (exact) mass is 275 g/mol. The van der Waals surface area contributed by atoms with E-state index in [0.717, 1.165) is 0 Å². The number of anilines is 1. The zero-order valence-corrected chi connectivity index (χ0v) is 10.4.